The smallest absolute Gasteiger partial charge is 0.330 e. The summed E-state index contributed by atoms with van der Waals surface area (Å²) in [6, 6.07) is 14.1. The van der Waals surface area contributed by atoms with E-state index in [0.29, 0.717) is 135 Å². The first-order chi connectivity index (χ1) is 41.8. The number of nitrogens with zero attached hydrogens (tertiary/aromatic N) is 3. The Balaban J connectivity index is 0.856. The number of allylic oxidation sites excluding steroid dienone is 8. The van der Waals surface area contributed by atoms with Crippen LogP contribution in [0.2, 0.25) is 0 Å². The van der Waals surface area contributed by atoms with Gasteiger partial charge in [-0.15, -0.1) is 6.58 Å². The molecule has 2 aromatic carbocycles. The van der Waals surface area contributed by atoms with Crippen molar-refractivity contribution in [1.82, 2.24) is 4.98 Å². The molecule has 0 amide bonds. The number of benzene rings is 2. The highest BCUT2D eigenvalue weighted by Crippen LogP contribution is 2.36. The number of carbonyl (C=O) groups is 3. The van der Waals surface area contributed by atoms with Crippen molar-refractivity contribution in [2.24, 2.45) is 28.8 Å². The predicted octanol–water partition coefficient (Wildman–Crippen LogP) is 12.3. The molecule has 2 fully saturated rings. The normalized spacial score (nSPS) is 18.8. The summed E-state index contributed by atoms with van der Waals surface area (Å²) in [5.74, 6) is 3.85. The van der Waals surface area contributed by atoms with Gasteiger partial charge in [-0.05, 0) is 124 Å². The molecule has 85 heavy (non-hydrogen) atoms. The Hall–Kier alpha value is -6.35. The molecule has 0 spiro atoms. The number of carbonyl (C=O) groups excluding carboxylic acids is 3. The monoisotopic (exact) mass is 1200 g/mol. The number of rotatable bonds is 41. The number of ether oxygens (including phenoxy) is 12. The number of anilines is 1. The zero-order valence-electron chi connectivity index (χ0n) is 49.8. The van der Waals surface area contributed by atoms with Crippen molar-refractivity contribution < 1.29 is 71.2 Å². The van der Waals surface area contributed by atoms with Crippen molar-refractivity contribution in [3.8, 4) is 11.5 Å². The molecule has 0 aliphatic heterocycles. The van der Waals surface area contributed by atoms with Crippen LogP contribution in [0.25, 0.3) is 10.2 Å². The van der Waals surface area contributed by atoms with E-state index in [1.165, 1.54) is 0 Å². The van der Waals surface area contributed by atoms with E-state index in [1.54, 1.807) is 17.4 Å². The Bertz CT molecular complexity index is 2650. The number of para-hydroxylation sites is 1. The van der Waals surface area contributed by atoms with Crippen LogP contribution in [0.5, 0.6) is 11.5 Å². The third kappa shape index (κ3) is 24.5. The molecule has 4 aliphatic carbocycles. The molecule has 18 nitrogen and oxygen atoms in total. The summed E-state index contributed by atoms with van der Waals surface area (Å²) in [5.41, 5.74) is 1.76. The summed E-state index contributed by atoms with van der Waals surface area (Å²) in [5, 5.41) is 7.95. The van der Waals surface area contributed by atoms with Gasteiger partial charge in [0.15, 0.2) is 0 Å². The molecular formula is C66H89N3O15S. The SMILES string of the molecule is C=CCOCCOCCOCCOC1=CC=C(OC(=O)C2CCC(COc3ccc(OCC4CCC(C(=O)OC5=CC=C(OCCOCCOCCOC(=O)C=C)CC5)CC4)c(/C=N/N(CCCCCC)c4nc5ccccc5s4)c3)CC2)CC1. The highest BCUT2D eigenvalue weighted by atomic mass is 32.1. The van der Waals surface area contributed by atoms with Crippen LogP contribution in [-0.2, 0) is 61.8 Å². The molecule has 0 bridgehead atoms. The van der Waals surface area contributed by atoms with Crippen LogP contribution < -0.4 is 14.5 Å². The van der Waals surface area contributed by atoms with Crippen LogP contribution in [0.1, 0.15) is 115 Å². The van der Waals surface area contributed by atoms with Gasteiger partial charge < -0.3 is 56.8 Å². The van der Waals surface area contributed by atoms with Crippen molar-refractivity contribution in [3.05, 3.63) is 121 Å². The minimum atomic E-state index is -0.475. The quantitative estimate of drug-likeness (QED) is 0.00990. The summed E-state index contributed by atoms with van der Waals surface area (Å²) < 4.78 is 70.0. The maximum atomic E-state index is 13.4. The zero-order valence-corrected chi connectivity index (χ0v) is 50.6. The van der Waals surface area contributed by atoms with E-state index in [9.17, 15) is 14.4 Å². The molecule has 19 heteroatoms. The van der Waals surface area contributed by atoms with E-state index < -0.39 is 5.97 Å². The fourth-order valence-electron chi connectivity index (χ4n) is 10.1. The molecule has 0 unspecified atom stereocenters. The lowest BCUT2D eigenvalue weighted by molar-refractivity contribution is -0.147. The number of hydrogen-bond donors (Lipinski definition) is 0. The van der Waals surface area contributed by atoms with E-state index in [-0.39, 0.29) is 42.9 Å². The molecule has 0 radical (unpaired) electrons. The fourth-order valence-corrected chi connectivity index (χ4v) is 11.0. The predicted molar refractivity (Wildman–Crippen MR) is 327 cm³/mol. The maximum Gasteiger partial charge on any atom is 0.330 e. The summed E-state index contributed by atoms with van der Waals surface area (Å²) in [4.78, 5) is 42.7. The van der Waals surface area contributed by atoms with Gasteiger partial charge in [-0.3, -0.25) is 9.59 Å². The van der Waals surface area contributed by atoms with Gasteiger partial charge in [0.1, 0.15) is 42.8 Å². The van der Waals surface area contributed by atoms with Gasteiger partial charge >= 0.3 is 17.9 Å². The summed E-state index contributed by atoms with van der Waals surface area (Å²) in [7, 11) is 0. The average molecular weight is 1200 g/mol. The highest BCUT2D eigenvalue weighted by Gasteiger charge is 2.31. The molecule has 1 heterocycles. The first-order valence-electron chi connectivity index (χ1n) is 30.6. The van der Waals surface area contributed by atoms with E-state index in [0.717, 1.165) is 128 Å². The lowest BCUT2D eigenvalue weighted by atomic mass is 9.82. The Morgan fingerprint density at radius 1 is 0.612 bits per heavy atom. The number of hydrogen-bond acceptors (Lipinski definition) is 19. The topological polar surface area (TPSA) is 190 Å². The van der Waals surface area contributed by atoms with Crippen molar-refractivity contribution in [2.45, 2.75) is 110 Å². The second kappa shape index (κ2) is 38.6. The second-order valence-corrected chi connectivity index (χ2v) is 22.4. The summed E-state index contributed by atoms with van der Waals surface area (Å²) in [6.45, 7) is 16.4. The van der Waals surface area contributed by atoms with Crippen molar-refractivity contribution in [3.63, 3.8) is 0 Å². The number of fused-ring (bicyclic) bond motifs is 1. The van der Waals surface area contributed by atoms with E-state index in [4.69, 9.17) is 66.9 Å². The molecule has 2 saturated carbocycles. The van der Waals surface area contributed by atoms with Gasteiger partial charge in [-0.1, -0.05) is 62.3 Å². The third-order valence-electron chi connectivity index (χ3n) is 15.0. The largest absolute Gasteiger partial charge is 0.496 e. The molecule has 0 atom stereocenters. The van der Waals surface area contributed by atoms with Gasteiger partial charge in [0.05, 0.1) is 119 Å². The molecule has 3 aromatic rings. The number of hydrazone groups is 1. The summed E-state index contributed by atoms with van der Waals surface area (Å²) >= 11 is 1.64. The van der Waals surface area contributed by atoms with Crippen molar-refractivity contribution >= 4 is 50.8 Å². The summed E-state index contributed by atoms with van der Waals surface area (Å²) in [6.07, 6.45) is 25.4. The van der Waals surface area contributed by atoms with Gasteiger partial charge in [0, 0.05) is 43.9 Å². The molecule has 1 aromatic heterocycles. The van der Waals surface area contributed by atoms with E-state index in [2.05, 4.69) is 26.1 Å². The van der Waals surface area contributed by atoms with Gasteiger partial charge in [-0.2, -0.15) is 5.10 Å². The molecule has 0 saturated heterocycles. The van der Waals surface area contributed by atoms with Crippen LogP contribution in [0.4, 0.5) is 5.13 Å². The van der Waals surface area contributed by atoms with Gasteiger partial charge in [0.2, 0.25) is 5.13 Å². The number of aromatic nitrogens is 1. The Morgan fingerprint density at radius 3 is 1.71 bits per heavy atom. The minimum absolute atomic E-state index is 0.150. The van der Waals surface area contributed by atoms with Gasteiger partial charge in [0.25, 0.3) is 0 Å². The standard InChI is InChI=1S/C66H89N3O15S/c1-4-7-8-11-32-69(66-68-60-12-9-10-13-62(60)85-66)67-47-54-46-59(81-48-50-14-18-52(19-15-50)64(71)83-57-26-22-55(23-27-57)78-43-40-75-37-36-74-35-34-73-33-5-2)30-31-61(54)82-49-51-16-20-53(21-17-51)65(72)84-58-28-24-56(25-29-58)79-44-41-76-38-39-77-42-45-80-63(70)6-3/h5-6,9-10,12-13,22,24,26,28,30-31,46-47,50-53H,2-4,7-8,11,14-21,23,25,27,29,32-45,48-49H2,1H3/b67-47+. The van der Waals surface area contributed by atoms with Crippen molar-refractivity contribution in [2.75, 3.05) is 111 Å². The molecule has 464 valence electrons. The third-order valence-corrected chi connectivity index (χ3v) is 16.0. The lowest BCUT2D eigenvalue weighted by Gasteiger charge is -2.28. The molecule has 4 aliphatic rings. The first-order valence-corrected chi connectivity index (χ1v) is 31.4. The van der Waals surface area contributed by atoms with Crippen molar-refractivity contribution in [1.29, 1.82) is 0 Å². The fraction of sp³-hybridized carbons (Fsp3) is 0.561. The Labute approximate surface area is 506 Å². The Kier molecular flexibility index (Phi) is 30.1. The van der Waals surface area contributed by atoms with E-state index >= 15 is 0 Å². The molecular weight excluding hydrogens is 1110 g/mol. The van der Waals surface area contributed by atoms with Crippen LogP contribution >= 0.6 is 11.3 Å². The molecule has 0 N–H and O–H groups in total. The van der Waals surface area contributed by atoms with Gasteiger partial charge in [-0.25, -0.2) is 14.8 Å². The highest BCUT2D eigenvalue weighted by molar-refractivity contribution is 7.22. The molecule has 7 rings (SSSR count). The van der Waals surface area contributed by atoms with Crippen LogP contribution in [0.15, 0.2) is 120 Å². The number of thiazole rings is 1. The van der Waals surface area contributed by atoms with Crippen LogP contribution in [0.3, 0.4) is 0 Å². The first kappa shape index (κ1) is 66.2. The van der Waals surface area contributed by atoms with Crippen LogP contribution in [0, 0.1) is 23.7 Å². The number of unbranched alkanes of at least 4 members (excludes halogenated alkanes) is 3. The maximum absolute atomic E-state index is 13.4. The zero-order chi connectivity index (χ0) is 59.5. The van der Waals surface area contributed by atoms with Crippen LogP contribution in [-0.4, -0.2) is 135 Å². The average Bonchev–Trinajstić information content (AvgIpc) is 4.17. The minimum Gasteiger partial charge on any atom is -0.496 e. The van der Waals surface area contributed by atoms with E-state index in [1.807, 2.05) is 71.9 Å². The second-order valence-electron chi connectivity index (χ2n) is 21.4. The Morgan fingerprint density at radius 2 is 1.15 bits per heavy atom. The lowest BCUT2D eigenvalue weighted by Crippen LogP contribution is -2.26. The number of esters is 3.